The molecule has 1 saturated carbocycles. The van der Waals surface area contributed by atoms with Gasteiger partial charge >= 0.3 is 5.97 Å². The van der Waals surface area contributed by atoms with E-state index in [0.29, 0.717) is 6.42 Å². The fraction of sp³-hybridized carbons (Fsp3) is 0.774. The molecule has 0 radical (unpaired) electrons. The number of unbranched alkanes of at least 4 members (excludes halogenated alkanes) is 1. The summed E-state index contributed by atoms with van der Waals surface area (Å²) in [5.41, 5.74) is 0. The molecule has 222 valence electrons. The van der Waals surface area contributed by atoms with Gasteiger partial charge in [0.1, 0.15) is 0 Å². The molecule has 2 saturated heterocycles. The zero-order valence-electron chi connectivity index (χ0n) is 23.6. The first-order chi connectivity index (χ1) is 18.8. The summed E-state index contributed by atoms with van der Waals surface area (Å²) in [5, 5.41) is 9.65. The molecule has 0 aromatic rings. The van der Waals surface area contributed by atoms with Gasteiger partial charge in [0.25, 0.3) is 0 Å². The second-order valence-corrected chi connectivity index (χ2v) is 12.4. The summed E-state index contributed by atoms with van der Waals surface area (Å²) in [7, 11) is 0. The third-order valence-corrected chi connectivity index (χ3v) is 8.60. The summed E-state index contributed by atoms with van der Waals surface area (Å²) < 4.78 is 24.8. The third kappa shape index (κ3) is 11.9. The van der Waals surface area contributed by atoms with Crippen LogP contribution in [0.25, 0.3) is 0 Å². The van der Waals surface area contributed by atoms with E-state index >= 15 is 0 Å². The van der Waals surface area contributed by atoms with E-state index in [1.54, 1.807) is 0 Å². The van der Waals surface area contributed by atoms with Crippen LogP contribution in [0.4, 0.5) is 0 Å². The van der Waals surface area contributed by atoms with E-state index in [0.717, 1.165) is 82.5 Å². The quantitative estimate of drug-likeness (QED) is 0.119. The Bertz CT molecular complexity index is 799. The Balaban J connectivity index is 1.73. The first-order valence-electron chi connectivity index (χ1n) is 14.9. The van der Waals surface area contributed by atoms with Crippen LogP contribution in [0.15, 0.2) is 35.4 Å². The van der Waals surface area contributed by atoms with Crippen LogP contribution in [-0.4, -0.2) is 54.5 Å². The van der Waals surface area contributed by atoms with Crippen molar-refractivity contribution >= 4 is 29.2 Å². The Hall–Kier alpha value is -0.890. The van der Waals surface area contributed by atoms with Gasteiger partial charge in [-0.2, -0.15) is 0 Å². The van der Waals surface area contributed by atoms with Gasteiger partial charge in [0.05, 0.1) is 12.2 Å². The molecule has 2 aliphatic heterocycles. The zero-order valence-corrected chi connectivity index (χ0v) is 25.2. The van der Waals surface area contributed by atoms with E-state index in [-0.39, 0.29) is 54.3 Å². The number of carboxylic acid groups (broad SMARTS) is 1. The Morgan fingerprint density at radius 3 is 2.46 bits per heavy atom. The minimum absolute atomic E-state index is 0.0165. The van der Waals surface area contributed by atoms with Crippen molar-refractivity contribution in [3.05, 3.63) is 35.4 Å². The zero-order chi connectivity index (χ0) is 28.0. The average Bonchev–Trinajstić information content (AvgIpc) is 3.21. The predicted molar refractivity (Wildman–Crippen MR) is 156 cm³/mol. The summed E-state index contributed by atoms with van der Waals surface area (Å²) in [4.78, 5) is 10.8. The summed E-state index contributed by atoms with van der Waals surface area (Å²) in [5.74, 6) is -0.199. The van der Waals surface area contributed by atoms with Gasteiger partial charge in [-0.15, -0.1) is 11.6 Å². The lowest BCUT2D eigenvalue weighted by molar-refractivity contribution is -0.193. The van der Waals surface area contributed by atoms with Crippen molar-refractivity contribution in [3.63, 3.8) is 0 Å². The molecule has 0 aromatic carbocycles. The molecule has 0 bridgehead atoms. The van der Waals surface area contributed by atoms with Crippen molar-refractivity contribution in [2.75, 3.05) is 13.2 Å². The number of aliphatic carboxylic acids is 1. The number of hydrogen-bond acceptors (Lipinski definition) is 5. The summed E-state index contributed by atoms with van der Waals surface area (Å²) >= 11 is 13.1. The summed E-state index contributed by atoms with van der Waals surface area (Å²) in [6.07, 6.45) is 20.5. The highest BCUT2D eigenvalue weighted by Crippen LogP contribution is 2.42. The average molecular weight is 588 g/mol. The molecule has 0 spiro atoms. The van der Waals surface area contributed by atoms with E-state index in [1.807, 2.05) is 13.0 Å². The molecule has 0 amide bonds. The highest BCUT2D eigenvalue weighted by Gasteiger charge is 2.42. The van der Waals surface area contributed by atoms with Crippen LogP contribution in [0.2, 0.25) is 0 Å². The number of ether oxygens (including phenoxy) is 4. The molecule has 1 N–H and O–H groups in total. The van der Waals surface area contributed by atoms with E-state index < -0.39 is 5.97 Å². The lowest BCUT2D eigenvalue weighted by Gasteiger charge is -2.31. The first kappa shape index (κ1) is 32.6. The van der Waals surface area contributed by atoms with E-state index in [9.17, 15) is 4.79 Å². The van der Waals surface area contributed by atoms with Gasteiger partial charge in [-0.05, 0) is 89.4 Å². The molecule has 3 unspecified atom stereocenters. The van der Waals surface area contributed by atoms with E-state index in [2.05, 4.69) is 31.2 Å². The molecule has 0 aromatic heterocycles. The number of carboxylic acids is 1. The molecule has 3 rings (SSSR count). The van der Waals surface area contributed by atoms with Gasteiger partial charge in [-0.25, -0.2) is 0 Å². The van der Waals surface area contributed by atoms with Crippen LogP contribution in [-0.2, 0) is 23.7 Å². The number of rotatable bonds is 15. The lowest BCUT2D eigenvalue weighted by Crippen LogP contribution is -2.32. The maximum absolute atomic E-state index is 10.8. The van der Waals surface area contributed by atoms with Crippen molar-refractivity contribution in [3.8, 4) is 0 Å². The number of allylic oxidation sites excluding steroid dienone is 4. The fourth-order valence-electron chi connectivity index (χ4n) is 5.63. The lowest BCUT2D eigenvalue weighted by atomic mass is 9.89. The van der Waals surface area contributed by atoms with Crippen molar-refractivity contribution in [1.82, 2.24) is 0 Å². The summed E-state index contributed by atoms with van der Waals surface area (Å²) in [6.45, 7) is 5.57. The second kappa shape index (κ2) is 17.8. The normalized spacial score (nSPS) is 32.2. The number of alkyl halides is 1. The highest BCUT2D eigenvalue weighted by molar-refractivity contribution is 6.29. The molecule has 2 heterocycles. The largest absolute Gasteiger partial charge is 0.481 e. The monoisotopic (exact) mass is 586 g/mol. The highest BCUT2D eigenvalue weighted by atomic mass is 35.5. The van der Waals surface area contributed by atoms with Crippen LogP contribution in [0.5, 0.6) is 0 Å². The van der Waals surface area contributed by atoms with Gasteiger partial charge in [0.15, 0.2) is 12.6 Å². The Morgan fingerprint density at radius 2 is 1.82 bits per heavy atom. The van der Waals surface area contributed by atoms with Crippen LogP contribution in [0.1, 0.15) is 90.9 Å². The topological polar surface area (TPSA) is 74.2 Å². The first-order valence-corrected chi connectivity index (χ1v) is 15.7. The van der Waals surface area contributed by atoms with Crippen molar-refractivity contribution in [2.45, 2.75) is 121 Å². The number of carbonyl (C=O) groups is 1. The van der Waals surface area contributed by atoms with E-state index in [4.69, 9.17) is 47.3 Å². The standard InChI is InChI=1S/C31H48Cl2O6/c1-22(15-16-23(2)32)27(38-30-13-7-9-19-36-30)18-17-25-24(11-5-3-4-6-12-29(34)35)26(33)21-28(25)39-31-14-8-10-20-37-31/h3,5,16-18,22,24-28,30-31H,4,6-15,19-21H2,1-2H3,(H,34,35)/b5-3-,18-17+,23-16-/t22?,24-,25-,26-,27-,28-,30?,31?/m1/s1. The number of halogens is 2. The van der Waals surface area contributed by atoms with Gasteiger partial charge < -0.3 is 24.1 Å². The minimum Gasteiger partial charge on any atom is -0.481 e. The molecular formula is C31H48Cl2O6. The molecular weight excluding hydrogens is 539 g/mol. The maximum atomic E-state index is 10.8. The van der Waals surface area contributed by atoms with Crippen LogP contribution < -0.4 is 0 Å². The van der Waals surface area contributed by atoms with Crippen LogP contribution >= 0.6 is 23.2 Å². The smallest absolute Gasteiger partial charge is 0.303 e. The second-order valence-electron chi connectivity index (χ2n) is 11.2. The van der Waals surface area contributed by atoms with Crippen molar-refractivity contribution in [2.24, 2.45) is 17.8 Å². The summed E-state index contributed by atoms with van der Waals surface area (Å²) in [6, 6.07) is 0. The van der Waals surface area contributed by atoms with Crippen LogP contribution in [0.3, 0.4) is 0 Å². The van der Waals surface area contributed by atoms with E-state index in [1.165, 1.54) is 0 Å². The third-order valence-electron chi connectivity index (χ3n) is 7.95. The predicted octanol–water partition coefficient (Wildman–Crippen LogP) is 7.98. The molecule has 3 fully saturated rings. The molecule has 3 aliphatic rings. The van der Waals surface area contributed by atoms with Gasteiger partial charge in [0, 0.05) is 36.0 Å². The van der Waals surface area contributed by atoms with Gasteiger partial charge in [-0.3, -0.25) is 4.79 Å². The Morgan fingerprint density at radius 1 is 1.10 bits per heavy atom. The molecule has 8 atom stereocenters. The molecule has 8 heteroatoms. The SMILES string of the molecule is C/C(Cl)=C/CC(C)[C@@H](/C=C/[C@@H]1[C@@H](C/C=C\CCCC(=O)O)[C@H](Cl)C[C@H]1OC1CCCCO1)OC1CCCCO1. The van der Waals surface area contributed by atoms with Crippen molar-refractivity contribution in [1.29, 1.82) is 0 Å². The molecule has 1 aliphatic carbocycles. The van der Waals surface area contributed by atoms with Crippen molar-refractivity contribution < 1.29 is 28.8 Å². The fourth-order valence-corrected chi connectivity index (χ4v) is 6.16. The van der Waals surface area contributed by atoms with Gasteiger partial charge in [-0.1, -0.05) is 48.9 Å². The Kier molecular flexibility index (Phi) is 14.9. The maximum Gasteiger partial charge on any atom is 0.303 e. The minimum atomic E-state index is -0.753. The Labute approximate surface area is 245 Å². The molecule has 39 heavy (non-hydrogen) atoms. The molecule has 6 nitrogen and oxygen atoms in total. The van der Waals surface area contributed by atoms with Gasteiger partial charge in [0.2, 0.25) is 0 Å². The number of hydrogen-bond donors (Lipinski definition) is 1. The van der Waals surface area contributed by atoms with Crippen LogP contribution in [0, 0.1) is 17.8 Å².